The molecule has 1 unspecified atom stereocenters. The molecule has 0 aliphatic rings. The molecule has 3 rings (SSSR count). The number of benzene rings is 3. The van der Waals surface area contributed by atoms with E-state index in [1.54, 1.807) is 19.1 Å². The molecule has 0 fully saturated rings. The van der Waals surface area contributed by atoms with Crippen LogP contribution in [-0.4, -0.2) is 23.7 Å². The lowest BCUT2D eigenvalue weighted by atomic mass is 10.0. The van der Waals surface area contributed by atoms with Crippen LogP contribution in [0.3, 0.4) is 0 Å². The normalized spacial score (nSPS) is 11.8. The molecule has 5 nitrogen and oxygen atoms in total. The van der Waals surface area contributed by atoms with Crippen LogP contribution in [0.15, 0.2) is 60.7 Å². The maximum absolute atomic E-state index is 12.1. The molecular weight excluding hydrogens is 344 g/mol. The molecule has 1 N–H and O–H groups in total. The fourth-order valence-electron chi connectivity index (χ4n) is 2.95. The van der Waals surface area contributed by atoms with Gasteiger partial charge in [-0.05, 0) is 48.4 Å². The summed E-state index contributed by atoms with van der Waals surface area (Å²) in [7, 11) is 0. The van der Waals surface area contributed by atoms with Gasteiger partial charge in [-0.1, -0.05) is 42.5 Å². The molecule has 3 aromatic carbocycles. The molecule has 3 aromatic rings. The van der Waals surface area contributed by atoms with Gasteiger partial charge < -0.3 is 14.6 Å². The summed E-state index contributed by atoms with van der Waals surface area (Å²) >= 11 is 0. The van der Waals surface area contributed by atoms with E-state index in [9.17, 15) is 14.7 Å². The Bertz CT molecular complexity index is 993. The number of carbonyl (C=O) groups excluding carboxylic acids is 1. The molecule has 0 bridgehead atoms. The predicted molar refractivity (Wildman–Crippen MR) is 102 cm³/mol. The Morgan fingerprint density at radius 3 is 2.44 bits per heavy atom. The lowest BCUT2D eigenvalue weighted by Crippen LogP contribution is -2.14. The second-order valence-electron chi connectivity index (χ2n) is 6.07. The van der Waals surface area contributed by atoms with Crippen molar-refractivity contribution in [3.05, 3.63) is 77.4 Å². The Balaban J connectivity index is 1.94. The first-order chi connectivity index (χ1) is 13.0. The number of carboxylic acid groups (broad SMARTS) is 1. The average molecular weight is 364 g/mol. The zero-order valence-corrected chi connectivity index (χ0v) is 15.1. The molecule has 138 valence electrons. The summed E-state index contributed by atoms with van der Waals surface area (Å²) in [6, 6.07) is 18.5. The standard InChI is InChI=1S/C22H20O5/c1-3-26-22(25)18-9-6-10-19(20(18)21(23)24)27-14(2)16-12-11-15-7-4-5-8-17(15)13-16/h4-14H,3H2,1-2H3,(H,23,24). The van der Waals surface area contributed by atoms with E-state index in [0.29, 0.717) is 0 Å². The quantitative estimate of drug-likeness (QED) is 0.633. The number of rotatable bonds is 6. The van der Waals surface area contributed by atoms with Crippen LogP contribution in [0.25, 0.3) is 10.8 Å². The lowest BCUT2D eigenvalue weighted by molar-refractivity contribution is 0.0512. The summed E-state index contributed by atoms with van der Waals surface area (Å²) < 4.78 is 10.9. The minimum Gasteiger partial charge on any atom is -0.485 e. The molecule has 0 heterocycles. The Hall–Kier alpha value is -3.34. The third-order valence-electron chi connectivity index (χ3n) is 4.28. The highest BCUT2D eigenvalue weighted by molar-refractivity contribution is 6.04. The highest BCUT2D eigenvalue weighted by Crippen LogP contribution is 2.29. The van der Waals surface area contributed by atoms with E-state index in [1.165, 1.54) is 6.07 Å². The van der Waals surface area contributed by atoms with Gasteiger partial charge in [0.15, 0.2) is 0 Å². The first kappa shape index (κ1) is 18.5. The first-order valence-electron chi connectivity index (χ1n) is 8.70. The smallest absolute Gasteiger partial charge is 0.340 e. The summed E-state index contributed by atoms with van der Waals surface area (Å²) in [5.41, 5.74) is 0.697. The second-order valence-corrected chi connectivity index (χ2v) is 6.07. The lowest BCUT2D eigenvalue weighted by Gasteiger charge is -2.18. The van der Waals surface area contributed by atoms with Crippen LogP contribution in [0, 0.1) is 0 Å². The Kier molecular flexibility index (Phi) is 5.41. The molecular formula is C22H20O5. The highest BCUT2D eigenvalue weighted by atomic mass is 16.5. The van der Waals surface area contributed by atoms with Crippen LogP contribution in [0.5, 0.6) is 5.75 Å². The summed E-state index contributed by atoms with van der Waals surface area (Å²) in [6.45, 7) is 3.67. The zero-order chi connectivity index (χ0) is 19.4. The number of carboxylic acids is 1. The van der Waals surface area contributed by atoms with Gasteiger partial charge in [0.05, 0.1) is 12.2 Å². The third-order valence-corrected chi connectivity index (χ3v) is 4.28. The van der Waals surface area contributed by atoms with E-state index in [4.69, 9.17) is 9.47 Å². The molecule has 0 aliphatic carbocycles. The zero-order valence-electron chi connectivity index (χ0n) is 15.1. The molecule has 0 spiro atoms. The fraction of sp³-hybridized carbons (Fsp3) is 0.182. The Labute approximate surface area is 157 Å². The maximum Gasteiger partial charge on any atom is 0.340 e. The van der Waals surface area contributed by atoms with Gasteiger partial charge in [0.25, 0.3) is 0 Å². The third kappa shape index (κ3) is 3.92. The molecule has 27 heavy (non-hydrogen) atoms. The van der Waals surface area contributed by atoms with Crippen LogP contribution in [-0.2, 0) is 4.74 Å². The van der Waals surface area contributed by atoms with Crippen molar-refractivity contribution in [2.75, 3.05) is 6.61 Å². The maximum atomic E-state index is 12.1. The molecule has 0 saturated heterocycles. The fourth-order valence-corrected chi connectivity index (χ4v) is 2.95. The molecule has 0 aliphatic heterocycles. The molecule has 0 aromatic heterocycles. The van der Waals surface area contributed by atoms with Crippen molar-refractivity contribution in [2.45, 2.75) is 20.0 Å². The highest BCUT2D eigenvalue weighted by Gasteiger charge is 2.23. The predicted octanol–water partition coefficient (Wildman–Crippen LogP) is 4.85. The van der Waals surface area contributed by atoms with E-state index in [-0.39, 0.29) is 23.5 Å². The second kappa shape index (κ2) is 7.91. The van der Waals surface area contributed by atoms with Crippen molar-refractivity contribution in [3.8, 4) is 5.75 Å². The number of hydrogen-bond donors (Lipinski definition) is 1. The van der Waals surface area contributed by atoms with Crippen LogP contribution in [0.2, 0.25) is 0 Å². The molecule has 5 heteroatoms. The van der Waals surface area contributed by atoms with Crippen molar-refractivity contribution in [2.24, 2.45) is 0 Å². The van der Waals surface area contributed by atoms with Gasteiger partial charge in [0.1, 0.15) is 17.4 Å². The van der Waals surface area contributed by atoms with Gasteiger partial charge in [0, 0.05) is 0 Å². The summed E-state index contributed by atoms with van der Waals surface area (Å²) in [4.78, 5) is 23.8. The SMILES string of the molecule is CCOC(=O)c1cccc(OC(C)c2ccc3ccccc3c2)c1C(=O)O. The number of aromatic carboxylic acids is 1. The summed E-state index contributed by atoms with van der Waals surface area (Å²) in [5.74, 6) is -1.79. The van der Waals surface area contributed by atoms with Crippen molar-refractivity contribution >= 4 is 22.7 Å². The van der Waals surface area contributed by atoms with Crippen LogP contribution >= 0.6 is 0 Å². The number of ether oxygens (including phenoxy) is 2. The van der Waals surface area contributed by atoms with Gasteiger partial charge in [-0.25, -0.2) is 9.59 Å². The number of hydrogen-bond acceptors (Lipinski definition) is 4. The van der Waals surface area contributed by atoms with Crippen molar-refractivity contribution in [1.82, 2.24) is 0 Å². The van der Waals surface area contributed by atoms with Crippen LogP contribution < -0.4 is 4.74 Å². The van der Waals surface area contributed by atoms with Crippen molar-refractivity contribution < 1.29 is 24.2 Å². The van der Waals surface area contributed by atoms with Gasteiger partial charge in [0.2, 0.25) is 0 Å². The molecule has 0 saturated carbocycles. The molecule has 0 amide bonds. The largest absolute Gasteiger partial charge is 0.485 e. The Morgan fingerprint density at radius 2 is 1.74 bits per heavy atom. The number of esters is 1. The van der Waals surface area contributed by atoms with Crippen molar-refractivity contribution in [3.63, 3.8) is 0 Å². The topological polar surface area (TPSA) is 72.8 Å². The molecule has 1 atom stereocenters. The van der Waals surface area contributed by atoms with Crippen LogP contribution in [0.4, 0.5) is 0 Å². The van der Waals surface area contributed by atoms with E-state index >= 15 is 0 Å². The summed E-state index contributed by atoms with van der Waals surface area (Å²) in [6.07, 6.45) is -0.398. The Morgan fingerprint density at radius 1 is 1.00 bits per heavy atom. The monoisotopic (exact) mass is 364 g/mol. The van der Waals surface area contributed by atoms with Crippen LogP contribution in [0.1, 0.15) is 46.2 Å². The van der Waals surface area contributed by atoms with E-state index in [2.05, 4.69) is 0 Å². The molecule has 0 radical (unpaired) electrons. The van der Waals surface area contributed by atoms with E-state index in [0.717, 1.165) is 16.3 Å². The summed E-state index contributed by atoms with van der Waals surface area (Å²) in [5, 5.41) is 11.8. The minimum atomic E-state index is -1.24. The van der Waals surface area contributed by atoms with E-state index < -0.39 is 18.0 Å². The number of fused-ring (bicyclic) bond motifs is 1. The van der Waals surface area contributed by atoms with Gasteiger partial charge in [-0.15, -0.1) is 0 Å². The van der Waals surface area contributed by atoms with E-state index in [1.807, 2.05) is 49.4 Å². The minimum absolute atomic E-state index is 0.0208. The van der Waals surface area contributed by atoms with Gasteiger partial charge >= 0.3 is 11.9 Å². The van der Waals surface area contributed by atoms with Crippen molar-refractivity contribution in [1.29, 1.82) is 0 Å². The van der Waals surface area contributed by atoms with Gasteiger partial charge in [-0.3, -0.25) is 0 Å². The first-order valence-corrected chi connectivity index (χ1v) is 8.70. The number of carbonyl (C=O) groups is 2. The average Bonchev–Trinajstić information content (AvgIpc) is 2.67. The van der Waals surface area contributed by atoms with Gasteiger partial charge in [-0.2, -0.15) is 0 Å².